The highest BCUT2D eigenvalue weighted by Gasteiger charge is 2.41. The van der Waals surface area contributed by atoms with E-state index in [0.29, 0.717) is 5.92 Å². The number of carbonyl (C=O) groups excluding carboxylic acids is 1. The molecule has 3 heteroatoms. The van der Waals surface area contributed by atoms with Crippen LogP contribution >= 0.6 is 0 Å². The average molecular weight is 264 g/mol. The third kappa shape index (κ3) is 4.06. The zero-order valence-electron chi connectivity index (χ0n) is 12.2. The predicted octanol–water partition coefficient (Wildman–Crippen LogP) is 3.13. The molecular weight excluding hydrogens is 240 g/mol. The van der Waals surface area contributed by atoms with E-state index in [1.54, 1.807) is 13.8 Å². The molecule has 1 rings (SSSR count). The summed E-state index contributed by atoms with van der Waals surface area (Å²) in [6, 6.07) is 9.66. The Balaban J connectivity index is 3.06. The van der Waals surface area contributed by atoms with Gasteiger partial charge in [-0.05, 0) is 31.7 Å². The Morgan fingerprint density at radius 2 is 1.89 bits per heavy atom. The van der Waals surface area contributed by atoms with Gasteiger partial charge in [-0.15, -0.1) is 0 Å². The second-order valence-electron chi connectivity index (χ2n) is 5.46. The summed E-state index contributed by atoms with van der Waals surface area (Å²) in [6.45, 7) is 7.73. The highest BCUT2D eigenvalue weighted by Crippen LogP contribution is 2.35. The minimum atomic E-state index is -1.50. The van der Waals surface area contributed by atoms with Crippen LogP contribution in [0, 0.1) is 5.92 Å². The van der Waals surface area contributed by atoms with Crippen LogP contribution in [-0.4, -0.2) is 23.3 Å². The number of ether oxygens (including phenoxy) is 1. The van der Waals surface area contributed by atoms with Crippen molar-refractivity contribution in [2.75, 3.05) is 6.61 Å². The first kappa shape index (κ1) is 15.7. The molecule has 3 nitrogen and oxygen atoms in total. The number of benzene rings is 1. The first-order chi connectivity index (χ1) is 8.89. The van der Waals surface area contributed by atoms with Crippen molar-refractivity contribution in [2.45, 2.75) is 45.6 Å². The monoisotopic (exact) mass is 264 g/mol. The maximum atomic E-state index is 12.0. The zero-order chi connectivity index (χ0) is 14.5. The molecule has 1 N–H and O–H groups in total. The smallest absolute Gasteiger partial charge is 0.338 e. The lowest BCUT2D eigenvalue weighted by atomic mass is 9.78. The summed E-state index contributed by atoms with van der Waals surface area (Å²) < 4.78 is 5.00. The van der Waals surface area contributed by atoms with Gasteiger partial charge in [0.2, 0.25) is 0 Å². The van der Waals surface area contributed by atoms with Crippen molar-refractivity contribution >= 4 is 5.97 Å². The average Bonchev–Trinajstić information content (AvgIpc) is 2.37. The van der Waals surface area contributed by atoms with Crippen molar-refractivity contribution < 1.29 is 14.6 Å². The molecule has 0 saturated carbocycles. The summed E-state index contributed by atoms with van der Waals surface area (Å²) in [5.74, 6) is -0.427. The third-order valence-corrected chi connectivity index (χ3v) is 3.28. The fourth-order valence-corrected chi connectivity index (χ4v) is 2.27. The van der Waals surface area contributed by atoms with Crippen LogP contribution in [0.25, 0.3) is 0 Å². The van der Waals surface area contributed by atoms with Gasteiger partial charge in [0.05, 0.1) is 6.61 Å². The molecule has 0 bridgehead atoms. The molecule has 2 unspecified atom stereocenters. The molecule has 0 fully saturated rings. The topological polar surface area (TPSA) is 46.5 Å². The van der Waals surface area contributed by atoms with Gasteiger partial charge >= 0.3 is 5.97 Å². The van der Waals surface area contributed by atoms with Crippen LogP contribution < -0.4 is 0 Å². The maximum Gasteiger partial charge on any atom is 0.338 e. The molecule has 1 aromatic rings. The number of esters is 1. The van der Waals surface area contributed by atoms with E-state index in [1.165, 1.54) is 0 Å². The summed E-state index contributed by atoms with van der Waals surface area (Å²) in [5, 5.41) is 10.6. The van der Waals surface area contributed by atoms with Gasteiger partial charge in [0.1, 0.15) is 0 Å². The minimum Gasteiger partial charge on any atom is -0.464 e. The lowest BCUT2D eigenvalue weighted by molar-refractivity contribution is -0.166. The molecule has 0 aliphatic carbocycles. The minimum absolute atomic E-state index is 0.257. The maximum absolute atomic E-state index is 12.0. The molecule has 1 aromatic carbocycles. The molecule has 0 aliphatic rings. The van der Waals surface area contributed by atoms with Crippen LogP contribution in [0.15, 0.2) is 30.3 Å². The molecule has 0 amide bonds. The first-order valence-electron chi connectivity index (χ1n) is 6.84. The molecule has 0 heterocycles. The fourth-order valence-electron chi connectivity index (χ4n) is 2.27. The number of hydrogen-bond acceptors (Lipinski definition) is 3. The van der Waals surface area contributed by atoms with Crippen molar-refractivity contribution in [3.8, 4) is 0 Å². The van der Waals surface area contributed by atoms with Gasteiger partial charge in [-0.3, -0.25) is 0 Å². The Morgan fingerprint density at radius 3 is 2.37 bits per heavy atom. The quantitative estimate of drug-likeness (QED) is 0.803. The van der Waals surface area contributed by atoms with Crippen molar-refractivity contribution in [1.82, 2.24) is 0 Å². The second-order valence-corrected chi connectivity index (χ2v) is 5.46. The van der Waals surface area contributed by atoms with Crippen molar-refractivity contribution in [2.24, 2.45) is 5.92 Å². The summed E-state index contributed by atoms with van der Waals surface area (Å²) in [6.07, 6.45) is 0.732. The van der Waals surface area contributed by atoms with Gasteiger partial charge in [0, 0.05) is 5.92 Å². The fraction of sp³-hybridized carbons (Fsp3) is 0.562. The third-order valence-electron chi connectivity index (χ3n) is 3.28. The Kier molecular flexibility index (Phi) is 5.55. The normalized spacial score (nSPS) is 15.9. The molecule has 2 atom stereocenters. The number of hydrogen-bond donors (Lipinski definition) is 1. The van der Waals surface area contributed by atoms with Crippen molar-refractivity contribution in [3.05, 3.63) is 35.9 Å². The van der Waals surface area contributed by atoms with Gasteiger partial charge in [-0.1, -0.05) is 44.2 Å². The number of rotatable bonds is 6. The van der Waals surface area contributed by atoms with E-state index in [-0.39, 0.29) is 12.5 Å². The zero-order valence-corrected chi connectivity index (χ0v) is 12.2. The van der Waals surface area contributed by atoms with Crippen LogP contribution in [0.4, 0.5) is 0 Å². The Hall–Kier alpha value is -1.35. The number of aliphatic hydroxyl groups is 1. The van der Waals surface area contributed by atoms with E-state index in [4.69, 9.17) is 4.74 Å². The van der Waals surface area contributed by atoms with Crippen LogP contribution in [0.3, 0.4) is 0 Å². The van der Waals surface area contributed by atoms with Crippen LogP contribution in [0.1, 0.15) is 45.6 Å². The standard InChI is InChI=1S/C16H24O3/c1-5-19-15(17)16(4,18)14(11-12(2)3)13-9-7-6-8-10-13/h6-10,12,14,18H,5,11H2,1-4H3. The second kappa shape index (κ2) is 6.71. The van der Waals surface area contributed by atoms with E-state index in [1.807, 2.05) is 30.3 Å². The van der Waals surface area contributed by atoms with Crippen molar-refractivity contribution in [3.63, 3.8) is 0 Å². The largest absolute Gasteiger partial charge is 0.464 e. The molecule has 0 aromatic heterocycles. The van der Waals surface area contributed by atoms with Gasteiger partial charge in [0.15, 0.2) is 5.60 Å². The van der Waals surface area contributed by atoms with Crippen molar-refractivity contribution in [1.29, 1.82) is 0 Å². The van der Waals surface area contributed by atoms with Crippen LogP contribution in [0.2, 0.25) is 0 Å². The highest BCUT2D eigenvalue weighted by atomic mass is 16.5. The summed E-state index contributed by atoms with van der Waals surface area (Å²) in [4.78, 5) is 12.0. The molecule has 0 saturated heterocycles. The van der Waals surface area contributed by atoms with Gasteiger partial charge in [-0.2, -0.15) is 0 Å². The van der Waals surface area contributed by atoms with Crippen LogP contribution in [0.5, 0.6) is 0 Å². The lowest BCUT2D eigenvalue weighted by Crippen LogP contribution is -2.43. The predicted molar refractivity (Wildman–Crippen MR) is 75.9 cm³/mol. The van der Waals surface area contributed by atoms with Gasteiger partial charge in [0.25, 0.3) is 0 Å². The molecule has 19 heavy (non-hydrogen) atoms. The molecule has 0 radical (unpaired) electrons. The molecule has 0 aliphatic heterocycles. The van der Waals surface area contributed by atoms with Crippen LogP contribution in [-0.2, 0) is 9.53 Å². The Morgan fingerprint density at radius 1 is 1.32 bits per heavy atom. The van der Waals surface area contributed by atoms with E-state index in [2.05, 4.69) is 13.8 Å². The van der Waals surface area contributed by atoms with E-state index >= 15 is 0 Å². The van der Waals surface area contributed by atoms with Gasteiger partial charge in [-0.25, -0.2) is 4.79 Å². The first-order valence-corrected chi connectivity index (χ1v) is 6.84. The SMILES string of the molecule is CCOC(=O)C(C)(O)C(CC(C)C)c1ccccc1. The molecular formula is C16H24O3. The van der Waals surface area contributed by atoms with E-state index < -0.39 is 11.6 Å². The van der Waals surface area contributed by atoms with Gasteiger partial charge < -0.3 is 9.84 Å². The van der Waals surface area contributed by atoms with E-state index in [0.717, 1.165) is 12.0 Å². The molecule has 0 spiro atoms. The lowest BCUT2D eigenvalue weighted by Gasteiger charge is -2.32. The van der Waals surface area contributed by atoms with E-state index in [9.17, 15) is 9.90 Å². The summed E-state index contributed by atoms with van der Waals surface area (Å²) in [5.41, 5.74) is -0.531. The molecule has 106 valence electrons. The summed E-state index contributed by atoms with van der Waals surface area (Å²) >= 11 is 0. The Bertz CT molecular complexity index is 396. The summed E-state index contributed by atoms with van der Waals surface area (Å²) in [7, 11) is 0. The highest BCUT2D eigenvalue weighted by molar-refractivity contribution is 5.80. The Labute approximate surface area is 115 Å². The number of carbonyl (C=O) groups is 1.